The van der Waals surface area contributed by atoms with Crippen molar-refractivity contribution in [3.05, 3.63) is 106 Å². The van der Waals surface area contributed by atoms with Crippen LogP contribution in [0.5, 0.6) is 0 Å². The molecule has 2 rings (SSSR count). The smallest absolute Gasteiger partial charge is 0.0523 e. The van der Waals surface area contributed by atoms with Crippen LogP contribution in [0.1, 0.15) is 11.1 Å². The van der Waals surface area contributed by atoms with Gasteiger partial charge in [-0.15, -0.1) is 0 Å². The predicted molar refractivity (Wildman–Crippen MR) is 79.6 cm³/mol. The lowest BCUT2D eigenvalue weighted by molar-refractivity contribution is 1.52. The third-order valence-electron chi connectivity index (χ3n) is 2.56. The van der Waals surface area contributed by atoms with Gasteiger partial charge in [0, 0.05) is 10.5 Å². The molecular weight excluding hydrogens is 246 g/mol. The van der Waals surface area contributed by atoms with Crippen molar-refractivity contribution in [3.8, 4) is 0 Å². The quantitative estimate of drug-likeness (QED) is 0.326. The van der Waals surface area contributed by atoms with E-state index in [9.17, 15) is 0 Å². The molecular formula is C17H11N3. The van der Waals surface area contributed by atoms with Crippen molar-refractivity contribution in [3.63, 3.8) is 0 Å². The van der Waals surface area contributed by atoms with Crippen molar-refractivity contribution in [2.75, 3.05) is 0 Å². The van der Waals surface area contributed by atoms with Crippen LogP contribution in [-0.2, 0) is 0 Å². The number of nitrogens with zero attached hydrogens (tertiary/aromatic N) is 3. The van der Waals surface area contributed by atoms with Gasteiger partial charge in [0.25, 0.3) is 0 Å². The van der Waals surface area contributed by atoms with E-state index in [1.165, 1.54) is 6.20 Å². The van der Waals surface area contributed by atoms with Crippen LogP contribution in [0.3, 0.4) is 0 Å². The molecule has 0 bridgehead atoms. The van der Waals surface area contributed by atoms with Crippen molar-refractivity contribution in [1.29, 1.82) is 0 Å². The van der Waals surface area contributed by atoms with Crippen molar-refractivity contribution in [2.24, 2.45) is 5.11 Å². The van der Waals surface area contributed by atoms with Gasteiger partial charge in [0.05, 0.1) is 6.20 Å². The first-order valence-electron chi connectivity index (χ1n) is 6.02. The van der Waals surface area contributed by atoms with E-state index in [4.69, 9.17) is 5.53 Å². The minimum Gasteiger partial charge on any atom is -0.0622 e. The van der Waals surface area contributed by atoms with Crippen LogP contribution in [-0.4, -0.2) is 0 Å². The zero-order valence-corrected chi connectivity index (χ0v) is 10.7. The third kappa shape index (κ3) is 3.66. The molecule has 0 fully saturated rings. The molecule has 94 valence electrons. The van der Waals surface area contributed by atoms with E-state index in [2.05, 4.69) is 27.2 Å². The SMILES string of the molecule is [N-]=[N+]=NC=C=C=C=C(c1ccccc1)c1ccccc1. The number of hydrogen-bond donors (Lipinski definition) is 0. The summed E-state index contributed by atoms with van der Waals surface area (Å²) in [6, 6.07) is 19.9. The summed E-state index contributed by atoms with van der Waals surface area (Å²) in [5.74, 6) is 0. The largest absolute Gasteiger partial charge is 0.0622 e. The summed E-state index contributed by atoms with van der Waals surface area (Å²) in [5.41, 5.74) is 19.6. The molecule has 0 aliphatic heterocycles. The van der Waals surface area contributed by atoms with Crippen LogP contribution in [0, 0.1) is 0 Å². The number of benzene rings is 2. The Morgan fingerprint density at radius 3 is 2.00 bits per heavy atom. The van der Waals surface area contributed by atoms with Gasteiger partial charge in [-0.3, -0.25) is 0 Å². The van der Waals surface area contributed by atoms with E-state index in [1.54, 1.807) is 0 Å². The second-order valence-electron chi connectivity index (χ2n) is 3.84. The van der Waals surface area contributed by atoms with Crippen molar-refractivity contribution in [2.45, 2.75) is 0 Å². The van der Waals surface area contributed by atoms with Crippen LogP contribution < -0.4 is 0 Å². The Bertz CT molecular complexity index is 709. The number of azide groups is 1. The van der Waals surface area contributed by atoms with Crippen molar-refractivity contribution < 1.29 is 0 Å². The molecule has 0 saturated heterocycles. The standard InChI is InChI=1S/C17H11N3/c18-20-19-14-8-7-13-17(15-9-3-1-4-10-15)16-11-5-2-6-12-16/h1-6,9-12,14H. The molecule has 0 aromatic heterocycles. The maximum Gasteiger partial charge on any atom is 0.0523 e. The molecule has 0 aliphatic carbocycles. The van der Waals surface area contributed by atoms with Gasteiger partial charge in [-0.05, 0) is 22.4 Å². The monoisotopic (exact) mass is 257 g/mol. The molecule has 3 heteroatoms. The Hall–Kier alpha value is -3.17. The van der Waals surface area contributed by atoms with Gasteiger partial charge in [0.15, 0.2) is 0 Å². The zero-order valence-electron chi connectivity index (χ0n) is 10.7. The number of hydrogen-bond acceptors (Lipinski definition) is 1. The van der Waals surface area contributed by atoms with Crippen LogP contribution >= 0.6 is 0 Å². The highest BCUT2D eigenvalue weighted by atomic mass is 15.1. The molecule has 2 aromatic rings. The molecule has 0 saturated carbocycles. The molecule has 2 aromatic carbocycles. The van der Waals surface area contributed by atoms with Crippen LogP contribution in [0.2, 0.25) is 0 Å². The van der Waals surface area contributed by atoms with Crippen molar-refractivity contribution in [1.82, 2.24) is 0 Å². The minimum absolute atomic E-state index is 0.910. The summed E-state index contributed by atoms with van der Waals surface area (Å²) in [6.07, 6.45) is 1.21. The maximum atomic E-state index is 8.16. The Morgan fingerprint density at radius 1 is 0.950 bits per heavy atom. The van der Waals surface area contributed by atoms with Gasteiger partial charge >= 0.3 is 0 Å². The number of rotatable bonds is 3. The molecule has 0 N–H and O–H groups in total. The summed E-state index contributed by atoms with van der Waals surface area (Å²) in [7, 11) is 0. The van der Waals surface area contributed by atoms with E-state index >= 15 is 0 Å². The average Bonchev–Trinajstić information content (AvgIpc) is 2.53. The molecule has 0 radical (unpaired) electrons. The van der Waals surface area contributed by atoms with E-state index in [1.807, 2.05) is 60.7 Å². The normalized spacial score (nSPS) is 8.40. The predicted octanol–water partition coefficient (Wildman–Crippen LogP) is 4.85. The van der Waals surface area contributed by atoms with Gasteiger partial charge in [-0.2, -0.15) is 0 Å². The van der Waals surface area contributed by atoms with E-state index in [-0.39, 0.29) is 0 Å². The zero-order chi connectivity index (χ0) is 14.0. The lowest BCUT2D eigenvalue weighted by Crippen LogP contribution is -1.85. The average molecular weight is 257 g/mol. The molecule has 0 amide bonds. The Labute approximate surface area is 117 Å². The molecule has 20 heavy (non-hydrogen) atoms. The van der Waals surface area contributed by atoms with Gasteiger partial charge in [0.2, 0.25) is 0 Å². The fourth-order valence-electron chi connectivity index (χ4n) is 1.71. The van der Waals surface area contributed by atoms with Crippen LogP contribution in [0.4, 0.5) is 0 Å². The summed E-state index contributed by atoms with van der Waals surface area (Å²) in [5, 5.41) is 3.25. The van der Waals surface area contributed by atoms with Crippen LogP contribution in [0.15, 0.2) is 89.2 Å². The second kappa shape index (κ2) is 7.31. The molecule has 0 unspecified atom stereocenters. The lowest BCUT2D eigenvalue weighted by atomic mass is 9.99. The second-order valence-corrected chi connectivity index (χ2v) is 3.84. The molecule has 0 aliphatic rings. The summed E-state index contributed by atoms with van der Waals surface area (Å²) in [4.78, 5) is 2.60. The third-order valence-corrected chi connectivity index (χ3v) is 2.56. The molecule has 0 atom stereocenters. The van der Waals surface area contributed by atoms with Crippen molar-refractivity contribution >= 4 is 5.57 Å². The molecule has 0 spiro atoms. The van der Waals surface area contributed by atoms with Gasteiger partial charge in [-0.25, -0.2) is 0 Å². The van der Waals surface area contributed by atoms with E-state index < -0.39 is 0 Å². The first kappa shape index (κ1) is 13.3. The molecule has 3 nitrogen and oxygen atoms in total. The topological polar surface area (TPSA) is 48.8 Å². The summed E-state index contributed by atoms with van der Waals surface area (Å²) in [6.45, 7) is 0. The van der Waals surface area contributed by atoms with Crippen LogP contribution in [0.25, 0.3) is 16.0 Å². The first-order valence-corrected chi connectivity index (χ1v) is 6.02. The lowest BCUT2D eigenvalue weighted by Gasteiger charge is -2.04. The van der Waals surface area contributed by atoms with E-state index in [0.29, 0.717) is 0 Å². The van der Waals surface area contributed by atoms with Gasteiger partial charge < -0.3 is 0 Å². The minimum atomic E-state index is 0.910. The highest BCUT2D eigenvalue weighted by molar-refractivity contribution is 5.79. The van der Waals surface area contributed by atoms with Gasteiger partial charge in [-0.1, -0.05) is 77.2 Å². The van der Waals surface area contributed by atoms with Gasteiger partial charge in [0.1, 0.15) is 0 Å². The first-order chi connectivity index (χ1) is 9.92. The Kier molecular flexibility index (Phi) is 4.85. The summed E-state index contributed by atoms with van der Waals surface area (Å²) >= 11 is 0. The molecule has 0 heterocycles. The fourth-order valence-corrected chi connectivity index (χ4v) is 1.71. The summed E-state index contributed by atoms with van der Waals surface area (Å²) < 4.78 is 0. The Balaban J connectivity index is 2.60. The van der Waals surface area contributed by atoms with E-state index in [0.717, 1.165) is 16.7 Å². The fraction of sp³-hybridized carbons (Fsp3) is 0. The highest BCUT2D eigenvalue weighted by Crippen LogP contribution is 2.21. The maximum absolute atomic E-state index is 8.16. The Morgan fingerprint density at radius 2 is 1.50 bits per heavy atom. The highest BCUT2D eigenvalue weighted by Gasteiger charge is 2.02.